The Hall–Kier alpha value is 0.0500. The van der Waals surface area contributed by atoms with E-state index in [4.69, 9.17) is 0 Å². The smallest absolute Gasteiger partial charge is 0.245 e. The Morgan fingerprint density at radius 2 is 2.19 bits per heavy atom. The lowest BCUT2D eigenvalue weighted by Gasteiger charge is -2.30. The maximum absolute atomic E-state index is 12.9. The summed E-state index contributed by atoms with van der Waals surface area (Å²) < 4.78 is 28.2. The third-order valence-electron chi connectivity index (χ3n) is 4.24. The fraction of sp³-hybridized carbons (Fsp3) is 0.714. The molecule has 0 radical (unpaired) electrons. The molecule has 0 unspecified atom stereocenters. The average Bonchev–Trinajstić information content (AvgIpc) is 3.03. The first-order chi connectivity index (χ1) is 9.80. The Balaban J connectivity index is 1.84. The van der Waals surface area contributed by atoms with E-state index >= 15 is 0 Å². The monoisotopic (exact) mass is 392 g/mol. The molecule has 3 rings (SSSR count). The highest BCUT2D eigenvalue weighted by molar-refractivity contribution is 9.11. The number of nitrogens with zero attached hydrogens (tertiary/aromatic N) is 1. The predicted molar refractivity (Wildman–Crippen MR) is 89.1 cm³/mol. The Labute approximate surface area is 139 Å². The van der Waals surface area contributed by atoms with Gasteiger partial charge in [0.2, 0.25) is 10.0 Å². The molecule has 0 spiro atoms. The average molecular weight is 393 g/mol. The highest BCUT2D eigenvalue weighted by Gasteiger charge is 2.42. The molecule has 2 fully saturated rings. The SMILES string of the molecule is CC1(C)CCCN1S(=O)(=O)c1cc(CNC2CC2)sc1Br. The first kappa shape index (κ1) is 15.9. The lowest BCUT2D eigenvalue weighted by molar-refractivity contribution is 0.291. The highest BCUT2D eigenvalue weighted by Crippen LogP contribution is 2.39. The van der Waals surface area contributed by atoms with Gasteiger partial charge in [-0.15, -0.1) is 11.3 Å². The lowest BCUT2D eigenvalue weighted by Crippen LogP contribution is -2.42. The molecule has 118 valence electrons. The molecule has 1 saturated heterocycles. The van der Waals surface area contributed by atoms with Crippen LogP contribution in [0.3, 0.4) is 0 Å². The molecule has 0 bridgehead atoms. The van der Waals surface area contributed by atoms with Gasteiger partial charge in [0.1, 0.15) is 4.90 Å². The van der Waals surface area contributed by atoms with E-state index in [0.717, 1.165) is 28.0 Å². The molecular weight excluding hydrogens is 372 g/mol. The van der Waals surface area contributed by atoms with Crippen LogP contribution in [0.2, 0.25) is 0 Å². The Kier molecular flexibility index (Phi) is 4.25. The van der Waals surface area contributed by atoms with Crippen LogP contribution < -0.4 is 5.32 Å². The van der Waals surface area contributed by atoms with Gasteiger partial charge in [-0.05, 0) is 61.5 Å². The van der Waals surface area contributed by atoms with Crippen LogP contribution in [0.4, 0.5) is 0 Å². The van der Waals surface area contributed by atoms with Crippen molar-refractivity contribution in [2.75, 3.05) is 6.54 Å². The Bertz CT molecular complexity index is 635. The molecule has 1 saturated carbocycles. The molecule has 1 N–H and O–H groups in total. The van der Waals surface area contributed by atoms with Gasteiger partial charge in [-0.1, -0.05) is 0 Å². The van der Waals surface area contributed by atoms with E-state index in [1.54, 1.807) is 4.31 Å². The summed E-state index contributed by atoms with van der Waals surface area (Å²) in [6.07, 6.45) is 4.33. The van der Waals surface area contributed by atoms with E-state index in [1.165, 1.54) is 24.2 Å². The summed E-state index contributed by atoms with van der Waals surface area (Å²) in [5.41, 5.74) is -0.285. The molecule has 4 nitrogen and oxygen atoms in total. The van der Waals surface area contributed by atoms with Gasteiger partial charge in [0.25, 0.3) is 0 Å². The summed E-state index contributed by atoms with van der Waals surface area (Å²) >= 11 is 4.96. The zero-order valence-electron chi connectivity index (χ0n) is 12.4. The van der Waals surface area contributed by atoms with Gasteiger partial charge in [0, 0.05) is 29.5 Å². The van der Waals surface area contributed by atoms with Crippen LogP contribution in [-0.4, -0.2) is 30.8 Å². The quantitative estimate of drug-likeness (QED) is 0.835. The minimum atomic E-state index is -3.41. The topological polar surface area (TPSA) is 49.4 Å². The van der Waals surface area contributed by atoms with E-state index in [-0.39, 0.29) is 5.54 Å². The maximum atomic E-state index is 12.9. The zero-order valence-corrected chi connectivity index (χ0v) is 15.6. The number of nitrogens with one attached hydrogen (secondary N) is 1. The molecule has 1 aromatic heterocycles. The van der Waals surface area contributed by atoms with Crippen molar-refractivity contribution in [3.05, 3.63) is 14.7 Å². The maximum Gasteiger partial charge on any atom is 0.245 e. The first-order valence-corrected chi connectivity index (χ1v) is 10.4. The van der Waals surface area contributed by atoms with Gasteiger partial charge >= 0.3 is 0 Å². The van der Waals surface area contributed by atoms with Crippen molar-refractivity contribution in [1.82, 2.24) is 9.62 Å². The van der Waals surface area contributed by atoms with Crippen LogP contribution >= 0.6 is 27.3 Å². The molecule has 21 heavy (non-hydrogen) atoms. The number of rotatable bonds is 5. The summed E-state index contributed by atoms with van der Waals surface area (Å²) in [4.78, 5) is 1.50. The molecule has 1 aliphatic carbocycles. The van der Waals surface area contributed by atoms with Crippen molar-refractivity contribution in [3.8, 4) is 0 Å². The number of hydrogen-bond donors (Lipinski definition) is 1. The van der Waals surface area contributed by atoms with Gasteiger partial charge in [-0.3, -0.25) is 0 Å². The Morgan fingerprint density at radius 1 is 1.48 bits per heavy atom. The standard InChI is InChI=1S/C14H21BrN2O2S2/c1-14(2)6-3-7-17(14)21(18,19)12-8-11(20-13(12)15)9-16-10-4-5-10/h8,10,16H,3-7,9H2,1-2H3. The predicted octanol–water partition coefficient (Wildman–Crippen LogP) is 3.33. The molecule has 2 heterocycles. The van der Waals surface area contributed by atoms with Crippen molar-refractivity contribution in [3.63, 3.8) is 0 Å². The second-order valence-corrected chi connectivity index (χ2v) is 10.8. The molecule has 1 aliphatic heterocycles. The van der Waals surface area contributed by atoms with Crippen LogP contribution in [-0.2, 0) is 16.6 Å². The molecule has 0 aromatic carbocycles. The van der Waals surface area contributed by atoms with Crippen LogP contribution in [0, 0.1) is 0 Å². The van der Waals surface area contributed by atoms with Gasteiger partial charge < -0.3 is 5.32 Å². The second-order valence-electron chi connectivity index (χ2n) is 6.50. The van der Waals surface area contributed by atoms with E-state index in [9.17, 15) is 8.42 Å². The van der Waals surface area contributed by atoms with Crippen molar-refractivity contribution >= 4 is 37.3 Å². The van der Waals surface area contributed by atoms with Gasteiger partial charge in [0.05, 0.1) is 3.79 Å². The summed E-state index contributed by atoms with van der Waals surface area (Å²) in [5.74, 6) is 0. The summed E-state index contributed by atoms with van der Waals surface area (Å²) in [7, 11) is -3.41. The summed E-state index contributed by atoms with van der Waals surface area (Å²) in [6, 6.07) is 2.46. The van der Waals surface area contributed by atoms with Crippen LogP contribution in [0.25, 0.3) is 0 Å². The van der Waals surface area contributed by atoms with Gasteiger partial charge in [0.15, 0.2) is 0 Å². The minimum Gasteiger partial charge on any atom is -0.309 e. The number of thiophene rings is 1. The fourth-order valence-corrected chi connectivity index (χ4v) is 7.27. The van der Waals surface area contributed by atoms with Crippen LogP contribution in [0.1, 0.15) is 44.4 Å². The molecule has 0 atom stereocenters. The molecule has 1 aromatic rings. The normalized spacial score (nSPS) is 22.8. The number of hydrogen-bond acceptors (Lipinski definition) is 4. The largest absolute Gasteiger partial charge is 0.309 e. The van der Waals surface area contributed by atoms with Gasteiger partial charge in [-0.25, -0.2) is 8.42 Å². The Morgan fingerprint density at radius 3 is 2.76 bits per heavy atom. The van der Waals surface area contributed by atoms with Crippen molar-refractivity contribution in [2.24, 2.45) is 0 Å². The number of halogens is 1. The first-order valence-electron chi connectivity index (χ1n) is 7.35. The third-order valence-corrected chi connectivity index (χ3v) is 8.60. The third kappa shape index (κ3) is 3.22. The van der Waals surface area contributed by atoms with Crippen molar-refractivity contribution < 1.29 is 8.42 Å². The second kappa shape index (κ2) is 5.60. The van der Waals surface area contributed by atoms with Crippen LogP contribution in [0.15, 0.2) is 14.7 Å². The molecule has 7 heteroatoms. The summed E-state index contributed by atoms with van der Waals surface area (Å²) in [5, 5.41) is 3.43. The van der Waals surface area contributed by atoms with Crippen molar-refractivity contribution in [2.45, 2.75) is 62.6 Å². The van der Waals surface area contributed by atoms with E-state index in [0.29, 0.717) is 17.5 Å². The highest BCUT2D eigenvalue weighted by atomic mass is 79.9. The van der Waals surface area contributed by atoms with E-state index < -0.39 is 10.0 Å². The van der Waals surface area contributed by atoms with Crippen LogP contribution in [0.5, 0.6) is 0 Å². The number of sulfonamides is 1. The zero-order chi connectivity index (χ0) is 15.3. The summed E-state index contributed by atoms with van der Waals surface area (Å²) in [6.45, 7) is 5.39. The fourth-order valence-electron chi connectivity index (χ4n) is 2.84. The molecule has 0 amide bonds. The van der Waals surface area contributed by atoms with E-state index in [2.05, 4.69) is 21.2 Å². The lowest BCUT2D eigenvalue weighted by atomic mass is 10.0. The van der Waals surface area contributed by atoms with E-state index in [1.807, 2.05) is 19.9 Å². The molecular formula is C14H21BrN2O2S2. The molecule has 2 aliphatic rings. The van der Waals surface area contributed by atoms with Crippen molar-refractivity contribution in [1.29, 1.82) is 0 Å². The minimum absolute atomic E-state index is 0.285. The van der Waals surface area contributed by atoms with Gasteiger partial charge in [-0.2, -0.15) is 4.31 Å².